The first-order chi connectivity index (χ1) is 7.59. The van der Waals surface area contributed by atoms with Crippen molar-refractivity contribution in [3.05, 3.63) is 47.0 Å². The second kappa shape index (κ2) is 4.00. The Morgan fingerprint density at radius 1 is 0.938 bits per heavy atom. The van der Waals surface area contributed by atoms with Crippen LogP contribution in [0.1, 0.15) is 17.0 Å². The highest BCUT2D eigenvalue weighted by molar-refractivity contribution is 5.56. The van der Waals surface area contributed by atoms with Gasteiger partial charge in [-0.05, 0) is 38.5 Å². The lowest BCUT2D eigenvalue weighted by Gasteiger charge is -2.07. The fourth-order valence-electron chi connectivity index (χ4n) is 1.54. The number of hydrogen-bond donors (Lipinski definition) is 0. The number of hydrogen-bond acceptors (Lipinski definition) is 2. The molecule has 0 radical (unpaired) electrons. The van der Waals surface area contributed by atoms with Gasteiger partial charge in [0, 0.05) is 11.4 Å². The maximum atomic E-state index is 13.6. The van der Waals surface area contributed by atoms with Crippen LogP contribution in [0.25, 0.3) is 11.4 Å². The average molecular weight is 216 g/mol. The Balaban J connectivity index is 2.62. The number of aryl methyl sites for hydroxylation is 2. The monoisotopic (exact) mass is 216 g/mol. The van der Waals surface area contributed by atoms with E-state index < -0.39 is 0 Å². The van der Waals surface area contributed by atoms with E-state index in [0.717, 1.165) is 17.0 Å². The van der Waals surface area contributed by atoms with Crippen LogP contribution in [0.2, 0.25) is 0 Å². The van der Waals surface area contributed by atoms with Crippen LogP contribution < -0.4 is 0 Å². The van der Waals surface area contributed by atoms with Crippen LogP contribution in [0.4, 0.5) is 4.39 Å². The van der Waals surface area contributed by atoms with E-state index in [1.165, 1.54) is 6.07 Å². The van der Waals surface area contributed by atoms with Gasteiger partial charge in [0.2, 0.25) is 0 Å². The van der Waals surface area contributed by atoms with Gasteiger partial charge in [0.15, 0.2) is 5.82 Å². The summed E-state index contributed by atoms with van der Waals surface area (Å²) in [6.07, 6.45) is 0. The first-order valence-electron chi connectivity index (χ1n) is 5.16. The van der Waals surface area contributed by atoms with Crippen molar-refractivity contribution in [1.82, 2.24) is 9.97 Å². The van der Waals surface area contributed by atoms with E-state index in [1.54, 1.807) is 18.2 Å². The Morgan fingerprint density at radius 3 is 2.06 bits per heavy atom. The number of rotatable bonds is 1. The summed E-state index contributed by atoms with van der Waals surface area (Å²) in [5.41, 5.74) is 3.30. The topological polar surface area (TPSA) is 25.8 Å². The van der Waals surface area contributed by atoms with Gasteiger partial charge in [0.05, 0.1) is 5.56 Å². The van der Waals surface area contributed by atoms with Crippen LogP contribution in [0.3, 0.4) is 0 Å². The van der Waals surface area contributed by atoms with Crippen molar-refractivity contribution in [3.8, 4) is 11.4 Å². The third-order valence-electron chi connectivity index (χ3n) is 2.75. The van der Waals surface area contributed by atoms with Gasteiger partial charge in [0.25, 0.3) is 0 Å². The minimum absolute atomic E-state index is 0.287. The number of aromatic nitrogens is 2. The standard InChI is InChI=1S/C13H13FN2/c1-8-9(2)15-13(16-10(8)3)11-6-4-5-7-12(11)14/h4-7H,1-3H3. The zero-order valence-corrected chi connectivity index (χ0v) is 9.58. The molecule has 1 aromatic heterocycles. The summed E-state index contributed by atoms with van der Waals surface area (Å²) >= 11 is 0. The zero-order chi connectivity index (χ0) is 11.7. The smallest absolute Gasteiger partial charge is 0.162 e. The normalized spacial score (nSPS) is 10.5. The van der Waals surface area contributed by atoms with Crippen LogP contribution in [0.5, 0.6) is 0 Å². The van der Waals surface area contributed by atoms with Crippen molar-refractivity contribution in [2.45, 2.75) is 20.8 Å². The van der Waals surface area contributed by atoms with E-state index in [0.29, 0.717) is 11.4 Å². The minimum Gasteiger partial charge on any atom is -0.233 e. The third kappa shape index (κ3) is 1.81. The predicted octanol–water partition coefficient (Wildman–Crippen LogP) is 3.21. The molecule has 0 saturated carbocycles. The first-order valence-corrected chi connectivity index (χ1v) is 5.16. The lowest BCUT2D eigenvalue weighted by Crippen LogP contribution is -2.00. The van der Waals surface area contributed by atoms with E-state index in [4.69, 9.17) is 0 Å². The molecule has 0 N–H and O–H groups in total. The summed E-state index contributed by atoms with van der Waals surface area (Å²) in [6.45, 7) is 5.79. The van der Waals surface area contributed by atoms with Gasteiger partial charge < -0.3 is 0 Å². The average Bonchev–Trinajstić information content (AvgIpc) is 2.26. The van der Waals surface area contributed by atoms with Crippen molar-refractivity contribution in [1.29, 1.82) is 0 Å². The summed E-state index contributed by atoms with van der Waals surface area (Å²) in [5, 5.41) is 0. The summed E-state index contributed by atoms with van der Waals surface area (Å²) < 4.78 is 13.6. The van der Waals surface area contributed by atoms with Crippen LogP contribution >= 0.6 is 0 Å². The van der Waals surface area contributed by atoms with Crippen molar-refractivity contribution < 1.29 is 4.39 Å². The van der Waals surface area contributed by atoms with Crippen molar-refractivity contribution in [3.63, 3.8) is 0 Å². The molecule has 0 unspecified atom stereocenters. The van der Waals surface area contributed by atoms with Crippen LogP contribution in [0.15, 0.2) is 24.3 Å². The molecule has 0 aliphatic rings. The Hall–Kier alpha value is -1.77. The Kier molecular flexibility index (Phi) is 2.69. The fourth-order valence-corrected chi connectivity index (χ4v) is 1.54. The summed E-state index contributed by atoms with van der Waals surface area (Å²) in [4.78, 5) is 8.63. The van der Waals surface area contributed by atoms with E-state index in [1.807, 2.05) is 20.8 Å². The van der Waals surface area contributed by atoms with Gasteiger partial charge in [-0.2, -0.15) is 0 Å². The van der Waals surface area contributed by atoms with Crippen molar-refractivity contribution in [2.75, 3.05) is 0 Å². The van der Waals surface area contributed by atoms with Gasteiger partial charge in [-0.25, -0.2) is 14.4 Å². The maximum Gasteiger partial charge on any atom is 0.162 e. The summed E-state index contributed by atoms with van der Waals surface area (Å²) in [7, 11) is 0. The molecular formula is C13H13FN2. The van der Waals surface area contributed by atoms with Crippen LogP contribution in [0, 0.1) is 26.6 Å². The van der Waals surface area contributed by atoms with E-state index in [-0.39, 0.29) is 5.82 Å². The fraction of sp³-hybridized carbons (Fsp3) is 0.231. The number of halogens is 1. The number of benzene rings is 1. The molecule has 0 spiro atoms. The molecule has 1 aromatic carbocycles. The highest BCUT2D eigenvalue weighted by atomic mass is 19.1. The van der Waals surface area contributed by atoms with E-state index >= 15 is 0 Å². The highest BCUT2D eigenvalue weighted by Gasteiger charge is 2.09. The number of nitrogens with zero attached hydrogens (tertiary/aromatic N) is 2. The van der Waals surface area contributed by atoms with E-state index in [9.17, 15) is 4.39 Å². The molecule has 0 aliphatic heterocycles. The van der Waals surface area contributed by atoms with Gasteiger partial charge in [0.1, 0.15) is 5.82 Å². The predicted molar refractivity (Wildman–Crippen MR) is 61.6 cm³/mol. The van der Waals surface area contributed by atoms with Gasteiger partial charge in [-0.1, -0.05) is 12.1 Å². The molecule has 2 nitrogen and oxygen atoms in total. The molecule has 2 aromatic rings. The molecule has 0 aliphatic carbocycles. The molecule has 0 atom stereocenters. The second-order valence-corrected chi connectivity index (χ2v) is 3.82. The SMILES string of the molecule is Cc1nc(-c2ccccc2F)nc(C)c1C. The molecule has 82 valence electrons. The maximum absolute atomic E-state index is 13.6. The lowest BCUT2D eigenvalue weighted by molar-refractivity contribution is 0.629. The zero-order valence-electron chi connectivity index (χ0n) is 9.58. The third-order valence-corrected chi connectivity index (χ3v) is 2.75. The molecule has 16 heavy (non-hydrogen) atoms. The summed E-state index contributed by atoms with van der Waals surface area (Å²) in [5.74, 6) is 0.170. The Labute approximate surface area is 94.2 Å². The first kappa shape index (κ1) is 10.7. The quantitative estimate of drug-likeness (QED) is 0.731. The molecule has 3 heteroatoms. The molecule has 0 bridgehead atoms. The van der Waals surface area contributed by atoms with E-state index in [2.05, 4.69) is 9.97 Å². The molecule has 2 rings (SSSR count). The van der Waals surface area contributed by atoms with Gasteiger partial charge in [-0.15, -0.1) is 0 Å². The van der Waals surface area contributed by atoms with Crippen molar-refractivity contribution in [2.24, 2.45) is 0 Å². The summed E-state index contributed by atoms with van der Waals surface area (Å²) in [6, 6.07) is 6.56. The van der Waals surface area contributed by atoms with Crippen molar-refractivity contribution >= 4 is 0 Å². The van der Waals surface area contributed by atoms with Crippen LogP contribution in [-0.2, 0) is 0 Å². The highest BCUT2D eigenvalue weighted by Crippen LogP contribution is 2.20. The van der Waals surface area contributed by atoms with Gasteiger partial charge >= 0.3 is 0 Å². The lowest BCUT2D eigenvalue weighted by atomic mass is 10.1. The minimum atomic E-state index is -0.287. The largest absolute Gasteiger partial charge is 0.233 e. The Bertz CT molecular complexity index is 512. The molecular weight excluding hydrogens is 203 g/mol. The van der Waals surface area contributed by atoms with Crippen LogP contribution in [-0.4, -0.2) is 9.97 Å². The Morgan fingerprint density at radius 2 is 1.50 bits per heavy atom. The molecule has 0 saturated heterocycles. The molecule has 0 fully saturated rings. The molecule has 1 heterocycles. The molecule has 0 amide bonds. The second-order valence-electron chi connectivity index (χ2n) is 3.82. The van der Waals surface area contributed by atoms with Gasteiger partial charge in [-0.3, -0.25) is 0 Å².